The van der Waals surface area contributed by atoms with Crippen LogP contribution in [-0.2, 0) is 26.2 Å². The van der Waals surface area contributed by atoms with Gasteiger partial charge in [0.1, 0.15) is 11.9 Å². The second-order valence-electron chi connectivity index (χ2n) is 9.28. The van der Waals surface area contributed by atoms with E-state index < -0.39 is 16.1 Å². The number of nitrogens with one attached hydrogen (secondary N) is 1. The van der Waals surface area contributed by atoms with Crippen molar-refractivity contribution in [1.82, 2.24) is 10.2 Å². The smallest absolute Gasteiger partial charge is 0.265 e. The number of carbonyl (C=O) groups is 2. The molecule has 4 rings (SSSR count). The second-order valence-corrected chi connectivity index (χ2v) is 11.1. The van der Waals surface area contributed by atoms with Gasteiger partial charge in [0, 0.05) is 31.4 Å². The summed E-state index contributed by atoms with van der Waals surface area (Å²) in [5, 5.41) is 4.42. The largest absolute Gasteiger partial charge is 0.354 e. The molecule has 0 radical (unpaired) electrons. The first kappa shape index (κ1) is 26.6. The van der Waals surface area contributed by atoms with Crippen LogP contribution in [0.3, 0.4) is 0 Å². The SMILES string of the molecule is CCCCNC(=O)[C@H](C)N(Cc1ccc(F)cc1)C(=O)CCCN1c2cccc3cccc(c23)S1(=O)=O. The zero-order valence-corrected chi connectivity index (χ0v) is 21.9. The molecule has 2 amide bonds. The van der Waals surface area contributed by atoms with Gasteiger partial charge in [-0.25, -0.2) is 12.8 Å². The van der Waals surface area contributed by atoms with Gasteiger partial charge >= 0.3 is 0 Å². The summed E-state index contributed by atoms with van der Waals surface area (Å²) in [6.45, 7) is 4.51. The number of nitrogens with zero attached hydrogens (tertiary/aromatic N) is 2. The van der Waals surface area contributed by atoms with Crippen molar-refractivity contribution in [2.45, 2.75) is 57.0 Å². The summed E-state index contributed by atoms with van der Waals surface area (Å²) in [4.78, 5) is 27.8. The number of amides is 2. The maximum Gasteiger partial charge on any atom is 0.265 e. The van der Waals surface area contributed by atoms with Crippen LogP contribution in [0.15, 0.2) is 65.6 Å². The highest BCUT2D eigenvalue weighted by Crippen LogP contribution is 2.42. The van der Waals surface area contributed by atoms with E-state index in [0.717, 1.165) is 18.2 Å². The van der Waals surface area contributed by atoms with Gasteiger partial charge in [-0.2, -0.15) is 0 Å². The second kappa shape index (κ2) is 11.3. The third-order valence-corrected chi connectivity index (χ3v) is 8.55. The summed E-state index contributed by atoms with van der Waals surface area (Å²) in [5.74, 6) is -0.905. The van der Waals surface area contributed by atoms with Crippen LogP contribution in [0.1, 0.15) is 45.1 Å². The lowest BCUT2D eigenvalue weighted by atomic mass is 10.1. The lowest BCUT2D eigenvalue weighted by Crippen LogP contribution is -2.47. The van der Waals surface area contributed by atoms with Crippen molar-refractivity contribution in [2.75, 3.05) is 17.4 Å². The Morgan fingerprint density at radius 2 is 1.73 bits per heavy atom. The molecule has 0 spiro atoms. The molecule has 196 valence electrons. The quantitative estimate of drug-likeness (QED) is 0.371. The van der Waals surface area contributed by atoms with E-state index in [1.54, 1.807) is 37.3 Å². The van der Waals surface area contributed by atoms with Crippen molar-refractivity contribution >= 4 is 38.3 Å². The Hall–Kier alpha value is -3.46. The van der Waals surface area contributed by atoms with Crippen LogP contribution in [0, 0.1) is 5.82 Å². The van der Waals surface area contributed by atoms with Crippen molar-refractivity contribution in [1.29, 1.82) is 0 Å². The fourth-order valence-corrected chi connectivity index (χ4v) is 6.37. The molecule has 37 heavy (non-hydrogen) atoms. The molecule has 1 N–H and O–H groups in total. The maximum absolute atomic E-state index is 13.4. The third kappa shape index (κ3) is 5.61. The van der Waals surface area contributed by atoms with E-state index >= 15 is 0 Å². The van der Waals surface area contributed by atoms with Crippen molar-refractivity contribution in [2.24, 2.45) is 0 Å². The Balaban J connectivity index is 1.47. The number of carbonyl (C=O) groups excluding carboxylic acids is 2. The third-order valence-electron chi connectivity index (χ3n) is 6.70. The zero-order valence-electron chi connectivity index (χ0n) is 21.1. The highest BCUT2D eigenvalue weighted by molar-refractivity contribution is 7.93. The fourth-order valence-electron chi connectivity index (χ4n) is 4.62. The molecule has 1 aliphatic rings. The minimum absolute atomic E-state index is 0.0616. The van der Waals surface area contributed by atoms with E-state index in [2.05, 4.69) is 5.32 Å². The van der Waals surface area contributed by atoms with Crippen molar-refractivity contribution < 1.29 is 22.4 Å². The molecular formula is C28H32FN3O4S. The summed E-state index contributed by atoms with van der Waals surface area (Å²) in [5.41, 5.74) is 1.32. The molecule has 0 saturated heterocycles. The Bertz CT molecular complexity index is 1390. The van der Waals surface area contributed by atoms with Crippen LogP contribution in [-0.4, -0.2) is 44.3 Å². The van der Waals surface area contributed by atoms with E-state index in [1.807, 2.05) is 25.1 Å². The number of anilines is 1. The van der Waals surface area contributed by atoms with Gasteiger partial charge in [-0.15, -0.1) is 0 Å². The number of hydrogen-bond acceptors (Lipinski definition) is 4. The number of sulfonamides is 1. The molecule has 0 bridgehead atoms. The molecule has 1 heterocycles. The number of halogens is 1. The van der Waals surface area contributed by atoms with Gasteiger partial charge in [0.2, 0.25) is 11.8 Å². The van der Waals surface area contributed by atoms with Gasteiger partial charge in [0.05, 0.1) is 10.6 Å². The first-order valence-corrected chi connectivity index (χ1v) is 14.0. The Morgan fingerprint density at radius 3 is 2.43 bits per heavy atom. The Kier molecular flexibility index (Phi) is 8.12. The topological polar surface area (TPSA) is 86.8 Å². The molecular weight excluding hydrogens is 493 g/mol. The summed E-state index contributed by atoms with van der Waals surface area (Å²) >= 11 is 0. The molecule has 0 unspecified atom stereocenters. The Morgan fingerprint density at radius 1 is 1.03 bits per heavy atom. The first-order valence-electron chi connectivity index (χ1n) is 12.6. The lowest BCUT2D eigenvalue weighted by molar-refractivity contribution is -0.140. The molecule has 7 nitrogen and oxygen atoms in total. The molecule has 1 aliphatic heterocycles. The molecule has 0 aromatic heterocycles. The molecule has 0 fully saturated rings. The zero-order chi connectivity index (χ0) is 26.6. The van der Waals surface area contributed by atoms with Gasteiger partial charge in [-0.3, -0.25) is 13.9 Å². The minimum atomic E-state index is -3.70. The lowest BCUT2D eigenvalue weighted by Gasteiger charge is -2.29. The molecule has 3 aromatic carbocycles. The van der Waals surface area contributed by atoms with Crippen molar-refractivity contribution in [3.05, 3.63) is 72.0 Å². The number of unbranched alkanes of at least 4 members (excludes halogenated alkanes) is 1. The van der Waals surface area contributed by atoms with Crippen LogP contribution in [0.25, 0.3) is 10.8 Å². The summed E-state index contributed by atoms with van der Waals surface area (Å²) in [6, 6.07) is 15.8. The predicted octanol–water partition coefficient (Wildman–Crippen LogP) is 4.60. The summed E-state index contributed by atoms with van der Waals surface area (Å²) < 4.78 is 41.2. The monoisotopic (exact) mass is 525 g/mol. The predicted molar refractivity (Wildman–Crippen MR) is 142 cm³/mol. The average molecular weight is 526 g/mol. The van der Waals surface area contributed by atoms with Crippen LogP contribution < -0.4 is 9.62 Å². The van der Waals surface area contributed by atoms with Crippen LogP contribution >= 0.6 is 0 Å². The Labute approximate surface area is 217 Å². The van der Waals surface area contributed by atoms with E-state index in [-0.39, 0.29) is 48.5 Å². The molecule has 9 heteroatoms. The average Bonchev–Trinajstić information content (AvgIpc) is 3.11. The van der Waals surface area contributed by atoms with Crippen LogP contribution in [0.4, 0.5) is 10.1 Å². The number of benzene rings is 3. The normalized spacial score (nSPS) is 14.5. The van der Waals surface area contributed by atoms with Gasteiger partial charge in [0.15, 0.2) is 0 Å². The summed E-state index contributed by atoms with van der Waals surface area (Å²) in [7, 11) is -3.70. The highest BCUT2D eigenvalue weighted by Gasteiger charge is 2.35. The maximum atomic E-state index is 13.4. The van der Waals surface area contributed by atoms with E-state index in [0.29, 0.717) is 23.2 Å². The van der Waals surface area contributed by atoms with E-state index in [4.69, 9.17) is 0 Å². The minimum Gasteiger partial charge on any atom is -0.354 e. The van der Waals surface area contributed by atoms with E-state index in [1.165, 1.54) is 21.3 Å². The van der Waals surface area contributed by atoms with Crippen molar-refractivity contribution in [3.8, 4) is 0 Å². The molecule has 0 saturated carbocycles. The number of rotatable bonds is 11. The molecule has 3 aromatic rings. The molecule has 1 atom stereocenters. The number of hydrogen-bond donors (Lipinski definition) is 1. The highest BCUT2D eigenvalue weighted by atomic mass is 32.2. The van der Waals surface area contributed by atoms with Gasteiger partial charge in [-0.05, 0) is 55.0 Å². The first-order chi connectivity index (χ1) is 17.7. The molecule has 0 aliphatic carbocycles. The van der Waals surface area contributed by atoms with Gasteiger partial charge < -0.3 is 10.2 Å². The van der Waals surface area contributed by atoms with Gasteiger partial charge in [0.25, 0.3) is 10.0 Å². The van der Waals surface area contributed by atoms with Crippen LogP contribution in [0.2, 0.25) is 0 Å². The van der Waals surface area contributed by atoms with Crippen LogP contribution in [0.5, 0.6) is 0 Å². The van der Waals surface area contributed by atoms with Gasteiger partial charge in [-0.1, -0.05) is 49.7 Å². The summed E-state index contributed by atoms with van der Waals surface area (Å²) in [6.07, 6.45) is 2.12. The van der Waals surface area contributed by atoms with E-state index in [9.17, 15) is 22.4 Å². The fraction of sp³-hybridized carbons (Fsp3) is 0.357. The standard InChI is InChI=1S/C28H32FN3O4S/c1-3-4-17-30-28(34)20(2)31(19-21-13-15-23(29)16-14-21)26(33)12-7-18-32-24-10-5-8-22-9-6-11-25(27(22)24)37(32,35)36/h5-6,8-11,13-16,20H,3-4,7,12,17-19H2,1-2H3,(H,30,34)/t20-/m0/s1. The van der Waals surface area contributed by atoms with Crippen molar-refractivity contribution in [3.63, 3.8) is 0 Å².